The highest BCUT2D eigenvalue weighted by atomic mass is 32.2. The van der Waals surface area contributed by atoms with Gasteiger partial charge in [0.25, 0.3) is 0 Å². The molecule has 0 spiro atoms. The summed E-state index contributed by atoms with van der Waals surface area (Å²) in [5, 5.41) is 0. The molecule has 0 atom stereocenters. The second kappa shape index (κ2) is 6.50. The summed E-state index contributed by atoms with van der Waals surface area (Å²) in [6, 6.07) is 0. The lowest BCUT2D eigenvalue weighted by Gasteiger charge is -2.39. The number of hydrogen-bond acceptors (Lipinski definition) is 3. The fourth-order valence-corrected chi connectivity index (χ4v) is 3.97. The number of sulfone groups is 1. The summed E-state index contributed by atoms with van der Waals surface area (Å²) >= 11 is 0. The maximum atomic E-state index is 12.6. The Hall–Kier alpha value is -0.580. The normalized spacial score (nSPS) is 18.8. The summed E-state index contributed by atoms with van der Waals surface area (Å²) < 4.78 is 23.9. The van der Waals surface area contributed by atoms with Gasteiger partial charge in [-0.05, 0) is 45.4 Å². The predicted molar refractivity (Wildman–Crippen MR) is 91.5 cm³/mol. The first-order chi connectivity index (χ1) is 9.79. The Morgan fingerprint density at radius 1 is 1.09 bits per heavy atom. The van der Waals surface area contributed by atoms with Crippen LogP contribution < -0.4 is 0 Å². The molecule has 1 amide bonds. The smallest absolute Gasteiger partial charge is 0.228 e. The van der Waals surface area contributed by atoms with Gasteiger partial charge in [-0.3, -0.25) is 4.79 Å². The molecule has 5 heteroatoms. The van der Waals surface area contributed by atoms with Crippen molar-refractivity contribution in [3.63, 3.8) is 0 Å². The van der Waals surface area contributed by atoms with E-state index in [2.05, 4.69) is 13.8 Å². The molecule has 1 rings (SSSR count). The highest BCUT2D eigenvalue weighted by Crippen LogP contribution is 2.31. The molecule has 1 fully saturated rings. The first-order valence-electron chi connectivity index (χ1n) is 8.30. The first-order valence-corrected chi connectivity index (χ1v) is 9.96. The summed E-state index contributed by atoms with van der Waals surface area (Å²) in [7, 11) is -3.08. The predicted octanol–water partition coefficient (Wildman–Crippen LogP) is 3.12. The van der Waals surface area contributed by atoms with Crippen LogP contribution in [0.4, 0.5) is 0 Å². The van der Waals surface area contributed by atoms with Crippen molar-refractivity contribution in [1.82, 2.24) is 4.90 Å². The molecule has 0 radical (unpaired) electrons. The average Bonchev–Trinajstić information content (AvgIpc) is 2.36. The molecular formula is C17H33NO3S. The molecule has 0 saturated carbocycles. The standard InChI is InChI=1S/C17H33NO3S/c1-13(2)17(6,7)15(19)18-10-8-14(9-11-18)12-22(20,21)16(3,4)5/h13-14H,8-12H2,1-7H3. The number of hydrogen-bond donors (Lipinski definition) is 0. The minimum absolute atomic E-state index is 0.176. The number of rotatable bonds is 4. The molecule has 0 N–H and O–H groups in total. The molecular weight excluding hydrogens is 298 g/mol. The van der Waals surface area contributed by atoms with Gasteiger partial charge in [-0.1, -0.05) is 27.7 Å². The number of amides is 1. The lowest BCUT2D eigenvalue weighted by atomic mass is 9.79. The lowest BCUT2D eigenvalue weighted by molar-refractivity contribution is -0.144. The van der Waals surface area contributed by atoms with Crippen molar-refractivity contribution in [3.8, 4) is 0 Å². The van der Waals surface area contributed by atoms with Gasteiger partial charge in [0.15, 0.2) is 9.84 Å². The van der Waals surface area contributed by atoms with E-state index < -0.39 is 14.6 Å². The van der Waals surface area contributed by atoms with Crippen molar-refractivity contribution in [1.29, 1.82) is 0 Å². The molecule has 0 aromatic rings. The third-order valence-corrected chi connectivity index (χ3v) is 8.06. The van der Waals surface area contributed by atoms with E-state index in [1.807, 2.05) is 18.7 Å². The van der Waals surface area contributed by atoms with Gasteiger partial charge in [0.2, 0.25) is 5.91 Å². The van der Waals surface area contributed by atoms with Crippen LogP contribution in [-0.4, -0.2) is 42.8 Å². The highest BCUT2D eigenvalue weighted by Gasteiger charge is 2.38. The van der Waals surface area contributed by atoms with E-state index >= 15 is 0 Å². The molecule has 1 saturated heterocycles. The summed E-state index contributed by atoms with van der Waals surface area (Å²) in [6.07, 6.45) is 1.57. The van der Waals surface area contributed by atoms with Crippen LogP contribution in [0.5, 0.6) is 0 Å². The van der Waals surface area contributed by atoms with E-state index in [4.69, 9.17) is 0 Å². The van der Waals surface area contributed by atoms with Crippen molar-refractivity contribution < 1.29 is 13.2 Å². The molecule has 0 aromatic heterocycles. The van der Waals surface area contributed by atoms with E-state index in [1.54, 1.807) is 20.8 Å². The van der Waals surface area contributed by atoms with Crippen LogP contribution in [0.2, 0.25) is 0 Å². The van der Waals surface area contributed by atoms with Crippen LogP contribution in [0.3, 0.4) is 0 Å². The molecule has 0 unspecified atom stereocenters. The van der Waals surface area contributed by atoms with E-state index in [0.717, 1.165) is 12.8 Å². The summed E-state index contributed by atoms with van der Waals surface area (Å²) in [5.74, 6) is 0.903. The van der Waals surface area contributed by atoms with E-state index in [9.17, 15) is 13.2 Å². The van der Waals surface area contributed by atoms with Gasteiger partial charge in [-0.2, -0.15) is 0 Å². The molecule has 1 aliphatic rings. The van der Waals surface area contributed by atoms with Crippen molar-refractivity contribution in [2.75, 3.05) is 18.8 Å². The van der Waals surface area contributed by atoms with Gasteiger partial charge in [-0.25, -0.2) is 8.42 Å². The maximum absolute atomic E-state index is 12.6. The number of piperidine rings is 1. The Bertz CT molecular complexity index is 492. The average molecular weight is 332 g/mol. The Balaban J connectivity index is 2.63. The first kappa shape index (κ1) is 19.5. The minimum atomic E-state index is -3.08. The van der Waals surface area contributed by atoms with Gasteiger partial charge in [-0.15, -0.1) is 0 Å². The SMILES string of the molecule is CC(C)C(C)(C)C(=O)N1CCC(CS(=O)(=O)C(C)(C)C)CC1. The van der Waals surface area contributed by atoms with Crippen molar-refractivity contribution in [2.24, 2.45) is 17.3 Å². The molecule has 0 aliphatic carbocycles. The molecule has 1 aliphatic heterocycles. The Morgan fingerprint density at radius 3 is 1.91 bits per heavy atom. The fourth-order valence-electron chi connectivity index (χ4n) is 2.52. The molecule has 130 valence electrons. The summed E-state index contributed by atoms with van der Waals surface area (Å²) in [4.78, 5) is 14.5. The number of carbonyl (C=O) groups is 1. The highest BCUT2D eigenvalue weighted by molar-refractivity contribution is 7.92. The fraction of sp³-hybridized carbons (Fsp3) is 0.941. The van der Waals surface area contributed by atoms with Crippen LogP contribution in [0.1, 0.15) is 61.3 Å². The van der Waals surface area contributed by atoms with Gasteiger partial charge in [0.05, 0.1) is 10.5 Å². The third kappa shape index (κ3) is 4.24. The number of carbonyl (C=O) groups excluding carboxylic acids is 1. The Kier molecular flexibility index (Phi) is 5.75. The van der Waals surface area contributed by atoms with E-state index in [1.165, 1.54) is 0 Å². The second-order valence-corrected chi connectivity index (χ2v) is 11.3. The number of nitrogens with zero attached hydrogens (tertiary/aromatic N) is 1. The quantitative estimate of drug-likeness (QED) is 0.795. The zero-order valence-corrected chi connectivity index (χ0v) is 16.1. The third-order valence-electron chi connectivity index (χ3n) is 5.28. The summed E-state index contributed by atoms with van der Waals surface area (Å²) in [6.45, 7) is 14.8. The van der Waals surface area contributed by atoms with E-state index in [0.29, 0.717) is 19.0 Å². The van der Waals surface area contributed by atoms with Gasteiger partial charge in [0.1, 0.15) is 0 Å². The van der Waals surface area contributed by atoms with Gasteiger partial charge >= 0.3 is 0 Å². The molecule has 1 heterocycles. The van der Waals surface area contributed by atoms with Crippen molar-refractivity contribution in [2.45, 2.75) is 66.1 Å². The Morgan fingerprint density at radius 2 is 1.55 bits per heavy atom. The monoisotopic (exact) mass is 331 g/mol. The van der Waals surface area contributed by atoms with Crippen LogP contribution in [0, 0.1) is 17.3 Å². The topological polar surface area (TPSA) is 54.5 Å². The van der Waals surface area contributed by atoms with Crippen LogP contribution >= 0.6 is 0 Å². The van der Waals surface area contributed by atoms with Gasteiger partial charge < -0.3 is 4.90 Å². The molecule has 22 heavy (non-hydrogen) atoms. The summed E-state index contributed by atoms with van der Waals surface area (Å²) in [5.41, 5.74) is -0.357. The minimum Gasteiger partial charge on any atom is -0.342 e. The van der Waals surface area contributed by atoms with Gasteiger partial charge in [0, 0.05) is 18.5 Å². The van der Waals surface area contributed by atoms with Crippen LogP contribution in [-0.2, 0) is 14.6 Å². The van der Waals surface area contributed by atoms with Crippen molar-refractivity contribution in [3.05, 3.63) is 0 Å². The zero-order valence-electron chi connectivity index (χ0n) is 15.3. The molecule has 0 aromatic carbocycles. The second-order valence-electron chi connectivity index (χ2n) is 8.51. The van der Waals surface area contributed by atoms with Crippen molar-refractivity contribution >= 4 is 15.7 Å². The molecule has 0 bridgehead atoms. The largest absolute Gasteiger partial charge is 0.342 e. The van der Waals surface area contributed by atoms with E-state index in [-0.39, 0.29) is 23.0 Å². The zero-order chi connectivity index (χ0) is 17.3. The molecule has 4 nitrogen and oxygen atoms in total. The Labute approximate surface area is 136 Å². The van der Waals surface area contributed by atoms with Crippen LogP contribution in [0.25, 0.3) is 0 Å². The van der Waals surface area contributed by atoms with Crippen LogP contribution in [0.15, 0.2) is 0 Å². The lowest BCUT2D eigenvalue weighted by Crippen LogP contribution is -2.48. The number of likely N-dealkylation sites (tertiary alicyclic amines) is 1. The maximum Gasteiger partial charge on any atom is 0.228 e.